The number of hydrogen-bond acceptors (Lipinski definition) is 4. The highest BCUT2D eigenvalue weighted by molar-refractivity contribution is 5.86. The molecule has 0 saturated heterocycles. The van der Waals surface area contributed by atoms with Crippen molar-refractivity contribution in [2.45, 2.75) is 25.5 Å². The highest BCUT2D eigenvalue weighted by atomic mass is 16.5. The van der Waals surface area contributed by atoms with Gasteiger partial charge in [0.15, 0.2) is 0 Å². The van der Waals surface area contributed by atoms with Gasteiger partial charge in [-0.3, -0.25) is 4.79 Å². The molecule has 0 aromatic heterocycles. The summed E-state index contributed by atoms with van der Waals surface area (Å²) in [6.45, 7) is -11.1. The lowest BCUT2D eigenvalue weighted by atomic mass is 9.98. The molecule has 0 amide bonds. The number of rotatable bonds is 8. The zero-order valence-corrected chi connectivity index (χ0v) is 12.2. The van der Waals surface area contributed by atoms with Crippen LogP contribution in [0, 0.1) is 0 Å². The number of carbonyl (C=O) groups is 1. The Hall–Kier alpha value is -2.07. The van der Waals surface area contributed by atoms with E-state index in [0.717, 1.165) is 7.11 Å². The summed E-state index contributed by atoms with van der Waals surface area (Å²) in [6.07, 6.45) is -7.85. The zero-order chi connectivity index (χ0) is 31.5. The standard InChI is InChI=1S/C19H24O4/c1-14(19(20)23-11-5-4-10-21-2)15-6-7-17-13-18(22-3)9-8-16(17)12-15/h6-9,12-14H,4-5,10-11H2,1-3H3/t14-/m0/s1/i1D3,4D2,5D2,6D,7D,8D,9D,10D2,11D2,12D,13D. The van der Waals surface area contributed by atoms with Gasteiger partial charge < -0.3 is 14.2 Å². The van der Waals surface area contributed by atoms with Gasteiger partial charge in [0.25, 0.3) is 0 Å². The normalized spacial score (nSPS) is 25.9. The predicted octanol–water partition coefficient (Wildman–Crippen LogP) is 3.92. The maximum Gasteiger partial charge on any atom is 0.313 e. The molecular formula is C19H24O4. The molecule has 2 aromatic carbocycles. The van der Waals surface area contributed by atoms with Crippen LogP contribution in [-0.4, -0.2) is 33.3 Å². The lowest BCUT2D eigenvalue weighted by Crippen LogP contribution is -2.14. The van der Waals surface area contributed by atoms with E-state index in [9.17, 15) is 4.79 Å². The summed E-state index contributed by atoms with van der Waals surface area (Å²) in [5, 5.41) is -1.19. The minimum atomic E-state index is -4.06. The van der Waals surface area contributed by atoms with Crippen LogP contribution in [0.3, 0.4) is 0 Å². The molecule has 0 aliphatic heterocycles. The number of hydrogen-bond donors (Lipinski definition) is 0. The van der Waals surface area contributed by atoms with Crippen LogP contribution in [0.5, 0.6) is 5.75 Å². The number of benzene rings is 2. The van der Waals surface area contributed by atoms with E-state index < -0.39 is 103 Å². The molecule has 23 heavy (non-hydrogen) atoms. The van der Waals surface area contributed by atoms with E-state index in [4.69, 9.17) is 28.0 Å². The van der Waals surface area contributed by atoms with Crippen LogP contribution in [0.4, 0.5) is 0 Å². The average molecular weight is 334 g/mol. The highest BCUT2D eigenvalue weighted by Gasteiger charge is 2.17. The summed E-state index contributed by atoms with van der Waals surface area (Å²) in [5.74, 6) is -5.35. The zero-order valence-electron chi connectivity index (χ0n) is 29.2. The number of ether oxygens (including phenoxy) is 3. The molecule has 0 aliphatic rings. The van der Waals surface area contributed by atoms with Gasteiger partial charge in [-0.2, -0.15) is 0 Å². The summed E-state index contributed by atoms with van der Waals surface area (Å²) < 4.78 is 149. The Morgan fingerprint density at radius 1 is 1.17 bits per heavy atom. The van der Waals surface area contributed by atoms with Crippen LogP contribution < -0.4 is 4.74 Å². The van der Waals surface area contributed by atoms with Crippen molar-refractivity contribution in [2.75, 3.05) is 27.3 Å². The van der Waals surface area contributed by atoms with Crippen molar-refractivity contribution in [1.82, 2.24) is 0 Å². The van der Waals surface area contributed by atoms with E-state index in [1.54, 1.807) is 0 Å². The smallest absolute Gasteiger partial charge is 0.313 e. The Balaban J connectivity index is 2.85. The molecule has 0 radical (unpaired) electrons. The van der Waals surface area contributed by atoms with Gasteiger partial charge in [-0.05, 0) is 48.0 Å². The monoisotopic (exact) mass is 333 g/mol. The summed E-state index contributed by atoms with van der Waals surface area (Å²) in [6, 6.07) is -5.26. The predicted molar refractivity (Wildman–Crippen MR) is 91.0 cm³/mol. The van der Waals surface area contributed by atoms with Gasteiger partial charge in [-0.25, -0.2) is 0 Å². The van der Waals surface area contributed by atoms with Gasteiger partial charge >= 0.3 is 5.97 Å². The molecule has 1 atom stereocenters. The van der Waals surface area contributed by atoms with E-state index in [2.05, 4.69) is 9.47 Å². The van der Waals surface area contributed by atoms with Crippen LogP contribution in [0.15, 0.2) is 36.3 Å². The SMILES string of the molecule is [2H]c1c([C@@H](C(=O)OC([2H])([2H])C([2H])([2H])C([2H])([2H])C([2H])([2H])OC)C([2H])([2H])[2H])c([2H])c2c([2H])c([2H])c(OC)c([2H])c2c1[2H]. The largest absolute Gasteiger partial charge is 0.497 e. The maximum atomic E-state index is 13.2. The summed E-state index contributed by atoms with van der Waals surface area (Å²) in [5.41, 5.74) is -1.08. The van der Waals surface area contributed by atoms with Crippen LogP contribution in [0.2, 0.25) is 0 Å². The van der Waals surface area contributed by atoms with Crippen molar-refractivity contribution >= 4 is 16.7 Å². The van der Waals surface area contributed by atoms with Crippen LogP contribution >= 0.6 is 0 Å². The molecule has 124 valence electrons. The number of fused-ring (bicyclic) bond motifs is 1. The number of carbonyl (C=O) groups excluding carboxylic acids is 1. The summed E-state index contributed by atoms with van der Waals surface area (Å²) in [4.78, 5) is 13.2. The Kier molecular flexibility index (Phi) is 2.04. The van der Waals surface area contributed by atoms with E-state index in [0.29, 0.717) is 7.11 Å². The fourth-order valence-electron chi connectivity index (χ4n) is 1.47. The first-order valence-electron chi connectivity index (χ1n) is 14.7. The molecular weight excluding hydrogens is 292 g/mol. The van der Waals surface area contributed by atoms with Crippen LogP contribution in [0.1, 0.15) is 54.4 Å². The summed E-state index contributed by atoms with van der Waals surface area (Å²) in [7, 11) is 1.75. The third-order valence-electron chi connectivity index (χ3n) is 2.52. The molecule has 2 aromatic rings. The van der Waals surface area contributed by atoms with Gasteiger partial charge in [0.1, 0.15) is 5.75 Å². The first kappa shape index (κ1) is 5.49. The second kappa shape index (κ2) is 8.53. The third kappa shape index (κ3) is 4.70. The summed E-state index contributed by atoms with van der Waals surface area (Å²) >= 11 is 0. The molecule has 0 aliphatic carbocycles. The second-order valence-corrected chi connectivity index (χ2v) is 3.96. The van der Waals surface area contributed by atoms with Crippen molar-refractivity contribution in [1.29, 1.82) is 0 Å². The number of esters is 1. The van der Waals surface area contributed by atoms with Crippen molar-refractivity contribution in [3.8, 4) is 5.75 Å². The minimum absolute atomic E-state index is 0.468. The Bertz CT molecular complexity index is 1340. The molecule has 2 rings (SSSR count). The third-order valence-corrected chi connectivity index (χ3v) is 2.52. The quantitative estimate of drug-likeness (QED) is 0.687. The fourth-order valence-corrected chi connectivity index (χ4v) is 1.47. The van der Waals surface area contributed by atoms with Gasteiger partial charge in [0.05, 0.1) is 33.3 Å². The molecule has 0 heterocycles. The second-order valence-electron chi connectivity index (χ2n) is 3.96. The molecule has 0 unspecified atom stereocenters. The Morgan fingerprint density at radius 3 is 2.65 bits per heavy atom. The van der Waals surface area contributed by atoms with E-state index in [-0.39, 0.29) is 0 Å². The highest BCUT2D eigenvalue weighted by Crippen LogP contribution is 2.25. The Morgan fingerprint density at radius 2 is 1.91 bits per heavy atom. The maximum absolute atomic E-state index is 13.2. The van der Waals surface area contributed by atoms with E-state index in [1.807, 2.05) is 0 Å². The molecule has 4 heteroatoms. The first-order chi connectivity index (χ1) is 17.9. The number of methoxy groups -OCH3 is 2. The molecule has 0 spiro atoms. The van der Waals surface area contributed by atoms with Gasteiger partial charge in [0, 0.05) is 23.3 Å². The Labute approximate surface area is 161 Å². The molecule has 4 nitrogen and oxygen atoms in total. The van der Waals surface area contributed by atoms with Crippen LogP contribution in [-0.2, 0) is 14.3 Å². The minimum Gasteiger partial charge on any atom is -0.497 e. The van der Waals surface area contributed by atoms with Crippen LogP contribution in [0.25, 0.3) is 10.8 Å². The molecule has 0 saturated carbocycles. The fraction of sp³-hybridized carbons (Fsp3) is 0.421. The van der Waals surface area contributed by atoms with Crippen molar-refractivity contribution in [3.63, 3.8) is 0 Å². The molecule has 0 fully saturated rings. The van der Waals surface area contributed by atoms with E-state index in [1.165, 1.54) is 0 Å². The van der Waals surface area contributed by atoms with Crippen molar-refractivity contribution in [2.24, 2.45) is 0 Å². The first-order valence-corrected chi connectivity index (χ1v) is 6.20. The van der Waals surface area contributed by atoms with Gasteiger partial charge in [-0.15, -0.1) is 0 Å². The van der Waals surface area contributed by atoms with Crippen molar-refractivity contribution < 1.29 is 42.3 Å². The lowest BCUT2D eigenvalue weighted by molar-refractivity contribution is -0.145. The van der Waals surface area contributed by atoms with E-state index >= 15 is 0 Å². The average Bonchev–Trinajstić information content (AvgIpc) is 2.81. The lowest BCUT2D eigenvalue weighted by Gasteiger charge is -2.13. The van der Waals surface area contributed by atoms with Gasteiger partial charge in [0.2, 0.25) is 0 Å². The van der Waals surface area contributed by atoms with Gasteiger partial charge in [-0.1, -0.05) is 24.2 Å². The topological polar surface area (TPSA) is 44.8 Å². The van der Waals surface area contributed by atoms with Crippen molar-refractivity contribution in [3.05, 3.63) is 41.8 Å². The molecule has 0 bridgehead atoms. The molecule has 0 N–H and O–H groups in total.